The Hall–Kier alpha value is -3.27. The van der Waals surface area contributed by atoms with E-state index in [1.807, 2.05) is 89.3 Å². The number of rotatable bonds is 5. The van der Waals surface area contributed by atoms with Gasteiger partial charge in [-0.3, -0.25) is 4.79 Å². The van der Waals surface area contributed by atoms with Gasteiger partial charge < -0.3 is 13.9 Å². The van der Waals surface area contributed by atoms with Gasteiger partial charge in [-0.1, -0.05) is 60.7 Å². The Labute approximate surface area is 152 Å². The van der Waals surface area contributed by atoms with Crippen molar-refractivity contribution >= 4 is 17.0 Å². The van der Waals surface area contributed by atoms with Crippen LogP contribution in [0.25, 0.3) is 11.1 Å². The van der Waals surface area contributed by atoms with E-state index in [2.05, 4.69) is 0 Å². The van der Waals surface area contributed by atoms with Crippen molar-refractivity contribution in [1.29, 1.82) is 0 Å². The van der Waals surface area contributed by atoms with E-state index in [9.17, 15) is 4.79 Å². The molecule has 0 unspecified atom stereocenters. The van der Waals surface area contributed by atoms with Crippen LogP contribution in [0.2, 0.25) is 0 Å². The summed E-state index contributed by atoms with van der Waals surface area (Å²) in [7, 11) is 1.90. The maximum absolute atomic E-state index is 13.3. The van der Waals surface area contributed by atoms with Crippen LogP contribution in [0.4, 0.5) is 0 Å². The Morgan fingerprint density at radius 1 is 0.923 bits per heavy atom. The van der Waals surface area contributed by atoms with Gasteiger partial charge in [0.1, 0.15) is 5.69 Å². The quantitative estimate of drug-likeness (QED) is 0.530. The largest absolute Gasteiger partial charge is 0.463 e. The number of carbonyl (C=O) groups is 1. The first-order valence-corrected chi connectivity index (χ1v) is 8.62. The number of amides is 1. The van der Waals surface area contributed by atoms with Crippen LogP contribution in [-0.4, -0.2) is 15.4 Å². The molecule has 0 aliphatic rings. The van der Waals surface area contributed by atoms with Crippen molar-refractivity contribution < 1.29 is 9.21 Å². The molecule has 4 rings (SSSR count). The summed E-state index contributed by atoms with van der Waals surface area (Å²) in [5.41, 5.74) is 4.50. The summed E-state index contributed by atoms with van der Waals surface area (Å²) in [6, 6.07) is 23.8. The highest BCUT2D eigenvalue weighted by Gasteiger charge is 2.21. The van der Waals surface area contributed by atoms with Crippen LogP contribution >= 0.6 is 0 Å². The highest BCUT2D eigenvalue weighted by Crippen LogP contribution is 2.22. The van der Waals surface area contributed by atoms with Crippen LogP contribution in [-0.2, 0) is 20.1 Å². The van der Waals surface area contributed by atoms with E-state index in [-0.39, 0.29) is 5.91 Å². The van der Waals surface area contributed by atoms with E-state index >= 15 is 0 Å². The number of benzene rings is 2. The number of aromatic nitrogens is 1. The number of furan rings is 1. The summed E-state index contributed by atoms with van der Waals surface area (Å²) in [6.07, 6.45) is 1.64. The smallest absolute Gasteiger partial charge is 0.271 e. The minimum absolute atomic E-state index is 0.00777. The lowest BCUT2D eigenvalue weighted by Crippen LogP contribution is -2.31. The number of aryl methyl sites for hydroxylation is 1. The van der Waals surface area contributed by atoms with Crippen LogP contribution in [0, 0.1) is 0 Å². The molecule has 0 saturated heterocycles. The molecule has 0 radical (unpaired) electrons. The van der Waals surface area contributed by atoms with Crippen molar-refractivity contribution in [3.05, 3.63) is 95.9 Å². The van der Waals surface area contributed by atoms with E-state index in [0.29, 0.717) is 18.8 Å². The molecule has 0 spiro atoms. The van der Waals surface area contributed by atoms with Crippen molar-refractivity contribution in [2.75, 3.05) is 0 Å². The average molecular weight is 344 g/mol. The van der Waals surface area contributed by atoms with Crippen LogP contribution in [0.3, 0.4) is 0 Å². The minimum Gasteiger partial charge on any atom is -0.463 e. The Balaban J connectivity index is 1.67. The summed E-state index contributed by atoms with van der Waals surface area (Å²) in [5, 5.41) is 0. The summed E-state index contributed by atoms with van der Waals surface area (Å²) in [4.78, 5) is 15.2. The SMILES string of the molecule is Cn1c(C(=O)N(Cc2ccccc2)Cc2ccccc2)cc2occc21. The molecule has 2 aromatic carbocycles. The maximum atomic E-state index is 13.3. The third-order valence-electron chi connectivity index (χ3n) is 4.60. The highest BCUT2D eigenvalue weighted by atomic mass is 16.3. The molecule has 0 N–H and O–H groups in total. The number of carbonyl (C=O) groups excluding carboxylic acids is 1. The van der Waals surface area contributed by atoms with Crippen LogP contribution in [0.15, 0.2) is 83.5 Å². The van der Waals surface area contributed by atoms with E-state index in [1.54, 1.807) is 6.26 Å². The van der Waals surface area contributed by atoms with Crippen molar-refractivity contribution in [3.63, 3.8) is 0 Å². The molecule has 2 aromatic heterocycles. The molecular weight excluding hydrogens is 324 g/mol. The van der Waals surface area contributed by atoms with Crippen LogP contribution < -0.4 is 0 Å². The second kappa shape index (κ2) is 6.92. The third-order valence-corrected chi connectivity index (χ3v) is 4.60. The molecule has 0 fully saturated rings. The first-order chi connectivity index (χ1) is 12.7. The van der Waals surface area contributed by atoms with Crippen molar-refractivity contribution in [2.24, 2.45) is 7.05 Å². The summed E-state index contributed by atoms with van der Waals surface area (Å²) >= 11 is 0. The van der Waals surface area contributed by atoms with Crippen LogP contribution in [0.1, 0.15) is 21.6 Å². The summed E-state index contributed by atoms with van der Waals surface area (Å²) < 4.78 is 7.35. The number of fused-ring (bicyclic) bond motifs is 1. The van der Waals surface area contributed by atoms with Gasteiger partial charge in [-0.2, -0.15) is 0 Å². The molecule has 0 aliphatic heterocycles. The molecule has 0 aliphatic carbocycles. The van der Waals surface area contributed by atoms with Gasteiger partial charge in [-0.15, -0.1) is 0 Å². The molecule has 1 amide bonds. The molecule has 130 valence electrons. The first-order valence-electron chi connectivity index (χ1n) is 8.62. The zero-order valence-electron chi connectivity index (χ0n) is 14.6. The number of nitrogens with zero attached hydrogens (tertiary/aromatic N) is 2. The molecule has 4 nitrogen and oxygen atoms in total. The van der Waals surface area contributed by atoms with Gasteiger partial charge >= 0.3 is 0 Å². The molecule has 26 heavy (non-hydrogen) atoms. The van der Waals surface area contributed by atoms with Crippen molar-refractivity contribution in [2.45, 2.75) is 13.1 Å². The monoisotopic (exact) mass is 344 g/mol. The highest BCUT2D eigenvalue weighted by molar-refractivity contribution is 5.97. The van der Waals surface area contributed by atoms with E-state index in [1.165, 1.54) is 0 Å². The second-order valence-electron chi connectivity index (χ2n) is 6.39. The van der Waals surface area contributed by atoms with Gasteiger partial charge in [-0.25, -0.2) is 0 Å². The van der Waals surface area contributed by atoms with Gasteiger partial charge in [0, 0.05) is 32.3 Å². The van der Waals surface area contributed by atoms with Crippen molar-refractivity contribution in [1.82, 2.24) is 9.47 Å². The normalized spacial score (nSPS) is 11.0. The van der Waals surface area contributed by atoms with Crippen LogP contribution in [0.5, 0.6) is 0 Å². The minimum atomic E-state index is -0.00777. The average Bonchev–Trinajstić information content (AvgIpc) is 3.25. The van der Waals surface area contributed by atoms with E-state index in [4.69, 9.17) is 4.42 Å². The zero-order valence-corrected chi connectivity index (χ0v) is 14.6. The Bertz CT molecular complexity index is 975. The predicted octanol–water partition coefficient (Wildman–Crippen LogP) is 4.61. The Morgan fingerprint density at radius 3 is 2.04 bits per heavy atom. The fourth-order valence-electron chi connectivity index (χ4n) is 3.22. The lowest BCUT2D eigenvalue weighted by molar-refractivity contribution is 0.0720. The number of hydrogen-bond donors (Lipinski definition) is 0. The van der Waals surface area contributed by atoms with Gasteiger partial charge in [0.25, 0.3) is 5.91 Å². The fraction of sp³-hybridized carbons (Fsp3) is 0.136. The van der Waals surface area contributed by atoms with Crippen molar-refractivity contribution in [3.8, 4) is 0 Å². The van der Waals surface area contributed by atoms with Gasteiger partial charge in [0.15, 0.2) is 5.58 Å². The van der Waals surface area contributed by atoms with Gasteiger partial charge in [0.2, 0.25) is 0 Å². The Morgan fingerprint density at radius 2 is 1.50 bits per heavy atom. The molecule has 0 atom stereocenters. The zero-order chi connectivity index (χ0) is 17.9. The lowest BCUT2D eigenvalue weighted by atomic mass is 10.1. The third kappa shape index (κ3) is 3.14. The Kier molecular flexibility index (Phi) is 4.32. The molecule has 4 heteroatoms. The molecule has 0 bridgehead atoms. The summed E-state index contributed by atoms with van der Waals surface area (Å²) in [6.45, 7) is 1.11. The van der Waals surface area contributed by atoms with Gasteiger partial charge in [-0.05, 0) is 11.1 Å². The molecule has 4 aromatic rings. The second-order valence-corrected chi connectivity index (χ2v) is 6.39. The topological polar surface area (TPSA) is 38.4 Å². The maximum Gasteiger partial charge on any atom is 0.271 e. The standard InChI is InChI=1S/C22H20N2O2/c1-23-19-12-13-26-21(19)14-20(23)22(25)24(15-17-8-4-2-5-9-17)16-18-10-6-3-7-11-18/h2-14H,15-16H2,1H3. The van der Waals surface area contributed by atoms with E-state index < -0.39 is 0 Å². The summed E-state index contributed by atoms with van der Waals surface area (Å²) in [5.74, 6) is -0.00777. The molecule has 2 heterocycles. The predicted molar refractivity (Wildman–Crippen MR) is 102 cm³/mol. The first kappa shape index (κ1) is 16.2. The fourth-order valence-corrected chi connectivity index (χ4v) is 3.22. The van der Waals surface area contributed by atoms with E-state index in [0.717, 1.165) is 22.2 Å². The molecular formula is C22H20N2O2. The molecule has 0 saturated carbocycles. The number of hydrogen-bond acceptors (Lipinski definition) is 2. The lowest BCUT2D eigenvalue weighted by Gasteiger charge is -2.23. The van der Waals surface area contributed by atoms with Gasteiger partial charge in [0.05, 0.1) is 11.8 Å².